The highest BCUT2D eigenvalue weighted by atomic mass is 19.4. The Hall–Kier alpha value is -3.99. The summed E-state index contributed by atoms with van der Waals surface area (Å²) in [4.78, 5) is 26.1. The Morgan fingerprint density at radius 2 is 1.39 bits per heavy atom. The maximum Gasteiger partial charge on any atom is 0.423 e. The van der Waals surface area contributed by atoms with Gasteiger partial charge in [0.15, 0.2) is 0 Å². The molecule has 1 unspecified atom stereocenters. The van der Waals surface area contributed by atoms with Gasteiger partial charge in [-0.15, -0.1) is 0 Å². The van der Waals surface area contributed by atoms with Crippen LogP contribution < -0.4 is 11.2 Å². The largest absolute Gasteiger partial charge is 0.423 e. The third-order valence-corrected chi connectivity index (χ3v) is 7.15. The molecule has 1 aromatic heterocycles. The summed E-state index contributed by atoms with van der Waals surface area (Å²) in [6.45, 7) is 2.10. The van der Waals surface area contributed by atoms with E-state index in [4.69, 9.17) is 14.2 Å². The van der Waals surface area contributed by atoms with Gasteiger partial charge in [-0.25, -0.2) is 4.79 Å². The van der Waals surface area contributed by atoms with Crippen LogP contribution in [0.15, 0.2) is 107 Å². The minimum absolute atomic E-state index is 0.00984. The number of ether oxygens (including phenoxy) is 3. The molecule has 4 aromatic rings. The first-order valence-electron chi connectivity index (χ1n) is 13.2. The molecule has 1 N–H and O–H groups in total. The molecule has 0 radical (unpaired) electrons. The van der Waals surface area contributed by atoms with E-state index in [1.807, 2.05) is 91.0 Å². The summed E-state index contributed by atoms with van der Waals surface area (Å²) >= 11 is 0. The number of hydrogen-bond acceptors (Lipinski definition) is 5. The number of H-pyrrole nitrogens is 1. The molecular weight excluding hydrogens is 537 g/mol. The maximum absolute atomic E-state index is 13.4. The van der Waals surface area contributed by atoms with Crippen LogP contribution >= 0.6 is 0 Å². The molecule has 0 aliphatic carbocycles. The Labute approximate surface area is 234 Å². The topological polar surface area (TPSA) is 82.6 Å². The second kappa shape index (κ2) is 11.9. The Morgan fingerprint density at radius 3 is 1.85 bits per heavy atom. The van der Waals surface area contributed by atoms with E-state index in [1.54, 1.807) is 11.9 Å². The highest BCUT2D eigenvalue weighted by Gasteiger charge is 2.43. The first-order chi connectivity index (χ1) is 19.7. The number of alkyl halides is 3. The van der Waals surface area contributed by atoms with E-state index in [0.717, 1.165) is 21.3 Å². The quantitative estimate of drug-likeness (QED) is 0.280. The first kappa shape index (κ1) is 28.5. The number of benzene rings is 3. The summed E-state index contributed by atoms with van der Waals surface area (Å²) in [5, 5.41) is 0. The summed E-state index contributed by atoms with van der Waals surface area (Å²) in [7, 11) is 0. The van der Waals surface area contributed by atoms with Gasteiger partial charge in [-0.2, -0.15) is 13.2 Å². The summed E-state index contributed by atoms with van der Waals surface area (Å²) in [6, 6.07) is 29.1. The number of aromatic amines is 1. The number of nitrogens with zero attached hydrogens (tertiary/aromatic N) is 1. The number of nitrogens with one attached hydrogen (secondary N) is 1. The minimum atomic E-state index is -4.94. The summed E-state index contributed by atoms with van der Waals surface area (Å²) in [6.07, 6.45) is -6.78. The van der Waals surface area contributed by atoms with E-state index >= 15 is 0 Å². The van der Waals surface area contributed by atoms with Crippen molar-refractivity contribution in [3.8, 4) is 0 Å². The standard InChI is InChI=1S/C31H29F3N2O5/c1-2-39-25-18-27(36-19-24(31(32,33)34)28(37)35-29(36)38)41-26(25)20-40-30(21-12-6-3-7-13-21,22-14-8-4-9-15-22)23-16-10-5-11-17-23/h3-17,19,25-27H,2,18,20H2,1H3,(H,35,37,38)/t25?,26-,27-/m0/s1. The second-order valence-electron chi connectivity index (χ2n) is 9.66. The van der Waals surface area contributed by atoms with E-state index in [0.29, 0.717) is 12.8 Å². The second-order valence-corrected chi connectivity index (χ2v) is 9.66. The van der Waals surface area contributed by atoms with Crippen LogP contribution in [0.1, 0.15) is 41.8 Å². The van der Waals surface area contributed by atoms with Crippen molar-refractivity contribution in [3.05, 3.63) is 140 Å². The van der Waals surface area contributed by atoms with Crippen LogP contribution in [0, 0.1) is 0 Å². The lowest BCUT2D eigenvalue weighted by molar-refractivity contribution is -0.140. The van der Waals surface area contributed by atoms with E-state index in [-0.39, 0.29) is 13.0 Å². The smallest absolute Gasteiger partial charge is 0.376 e. The van der Waals surface area contributed by atoms with Gasteiger partial charge in [0.25, 0.3) is 5.56 Å². The fourth-order valence-electron chi connectivity index (χ4n) is 5.29. The minimum Gasteiger partial charge on any atom is -0.376 e. The fraction of sp³-hybridized carbons (Fsp3) is 0.290. The molecule has 1 aliphatic heterocycles. The van der Waals surface area contributed by atoms with Crippen LogP contribution in [0.25, 0.3) is 0 Å². The van der Waals surface area contributed by atoms with Crippen molar-refractivity contribution in [1.82, 2.24) is 9.55 Å². The van der Waals surface area contributed by atoms with Crippen molar-refractivity contribution in [2.24, 2.45) is 0 Å². The molecule has 1 fully saturated rings. The van der Waals surface area contributed by atoms with Crippen molar-refractivity contribution in [1.29, 1.82) is 0 Å². The molecule has 1 saturated heterocycles. The van der Waals surface area contributed by atoms with E-state index < -0.39 is 47.0 Å². The lowest BCUT2D eigenvalue weighted by Gasteiger charge is -2.37. The number of aromatic nitrogens is 2. The lowest BCUT2D eigenvalue weighted by Crippen LogP contribution is -2.39. The van der Waals surface area contributed by atoms with Crippen LogP contribution in [-0.4, -0.2) is 35.0 Å². The molecule has 1 aliphatic rings. The molecule has 2 heterocycles. The molecule has 10 heteroatoms. The molecule has 0 spiro atoms. The molecule has 0 bridgehead atoms. The van der Waals surface area contributed by atoms with Gasteiger partial charge in [0.1, 0.15) is 23.5 Å². The predicted octanol–water partition coefficient (Wildman–Crippen LogP) is 5.26. The molecule has 3 aromatic carbocycles. The zero-order chi connectivity index (χ0) is 29.0. The van der Waals surface area contributed by atoms with Crippen LogP contribution in [0.4, 0.5) is 13.2 Å². The van der Waals surface area contributed by atoms with Gasteiger partial charge in [0, 0.05) is 19.2 Å². The Bertz CT molecular complexity index is 1460. The van der Waals surface area contributed by atoms with Crippen molar-refractivity contribution in [2.75, 3.05) is 13.2 Å². The number of rotatable bonds is 9. The predicted molar refractivity (Wildman–Crippen MR) is 145 cm³/mol. The molecule has 214 valence electrons. The normalized spacial score (nSPS) is 19.4. The summed E-state index contributed by atoms with van der Waals surface area (Å²) in [5.74, 6) is 0. The number of hydrogen-bond donors (Lipinski definition) is 1. The Kier molecular flexibility index (Phi) is 8.25. The van der Waals surface area contributed by atoms with E-state index in [1.165, 1.54) is 0 Å². The van der Waals surface area contributed by atoms with Gasteiger partial charge in [-0.1, -0.05) is 91.0 Å². The monoisotopic (exact) mass is 566 g/mol. The molecule has 0 amide bonds. The molecule has 7 nitrogen and oxygen atoms in total. The van der Waals surface area contributed by atoms with Crippen LogP contribution in [0.3, 0.4) is 0 Å². The van der Waals surface area contributed by atoms with Crippen LogP contribution in [-0.2, 0) is 26.0 Å². The Morgan fingerprint density at radius 1 is 0.878 bits per heavy atom. The third-order valence-electron chi connectivity index (χ3n) is 7.15. The summed E-state index contributed by atoms with van der Waals surface area (Å²) < 4.78 is 59.9. The van der Waals surface area contributed by atoms with Gasteiger partial charge in [-0.05, 0) is 23.6 Å². The number of halogens is 3. The third kappa shape index (κ3) is 5.76. The van der Waals surface area contributed by atoms with Gasteiger partial charge in [0.05, 0.1) is 12.7 Å². The molecule has 5 rings (SSSR count). The molecule has 0 saturated carbocycles. The molecular formula is C31H29F3N2O5. The van der Waals surface area contributed by atoms with Crippen LogP contribution in [0.5, 0.6) is 0 Å². The van der Waals surface area contributed by atoms with E-state index in [2.05, 4.69) is 0 Å². The molecule has 3 atom stereocenters. The van der Waals surface area contributed by atoms with Gasteiger partial charge < -0.3 is 14.2 Å². The average Bonchev–Trinajstić information content (AvgIpc) is 3.37. The van der Waals surface area contributed by atoms with E-state index in [9.17, 15) is 22.8 Å². The average molecular weight is 567 g/mol. The van der Waals surface area contributed by atoms with Crippen molar-refractivity contribution in [2.45, 2.75) is 43.6 Å². The van der Waals surface area contributed by atoms with Crippen molar-refractivity contribution >= 4 is 0 Å². The van der Waals surface area contributed by atoms with Gasteiger partial charge in [-0.3, -0.25) is 14.3 Å². The lowest BCUT2D eigenvalue weighted by atomic mass is 9.80. The van der Waals surface area contributed by atoms with Crippen LogP contribution in [0.2, 0.25) is 0 Å². The Balaban J connectivity index is 1.53. The van der Waals surface area contributed by atoms with Crippen molar-refractivity contribution < 1.29 is 27.4 Å². The zero-order valence-electron chi connectivity index (χ0n) is 22.2. The summed E-state index contributed by atoms with van der Waals surface area (Å²) in [5.41, 5.74) is -2.44. The highest BCUT2D eigenvalue weighted by molar-refractivity contribution is 5.47. The van der Waals surface area contributed by atoms with Gasteiger partial charge >= 0.3 is 11.9 Å². The van der Waals surface area contributed by atoms with Gasteiger partial charge in [0.2, 0.25) is 0 Å². The molecule has 41 heavy (non-hydrogen) atoms. The zero-order valence-corrected chi connectivity index (χ0v) is 22.2. The highest BCUT2D eigenvalue weighted by Crippen LogP contribution is 2.42. The fourth-order valence-corrected chi connectivity index (χ4v) is 5.29. The maximum atomic E-state index is 13.4. The SMILES string of the molecule is CCOC1C[C@@H](n2cc(C(F)(F)F)c(=O)[nH]c2=O)O[C@H]1COC(c1ccccc1)(c1ccccc1)c1ccccc1. The first-order valence-corrected chi connectivity index (χ1v) is 13.2. The van der Waals surface area contributed by atoms with Crippen molar-refractivity contribution in [3.63, 3.8) is 0 Å².